The molecule has 0 amide bonds. The van der Waals surface area contributed by atoms with Crippen molar-refractivity contribution in [1.82, 2.24) is 14.8 Å². The smallest absolute Gasteiger partial charge is 0.347 e. The van der Waals surface area contributed by atoms with Crippen molar-refractivity contribution >= 4 is 17.3 Å². The molecule has 0 spiro atoms. The zero-order valence-corrected chi connectivity index (χ0v) is 12.9. The van der Waals surface area contributed by atoms with Crippen LogP contribution in [0.2, 0.25) is 0 Å². The van der Waals surface area contributed by atoms with Gasteiger partial charge in [0.2, 0.25) is 0 Å². The van der Waals surface area contributed by atoms with Gasteiger partial charge in [0.15, 0.2) is 0 Å². The Morgan fingerprint density at radius 3 is 2.90 bits per heavy atom. The van der Waals surface area contributed by atoms with E-state index in [1.165, 1.54) is 11.3 Å². The average molecular weight is 299 g/mol. The molecular weight excluding hydrogens is 278 g/mol. The van der Waals surface area contributed by atoms with E-state index in [9.17, 15) is 9.90 Å². The number of likely N-dealkylation sites (N-methyl/N-ethyl adjacent to an activating group) is 2. The van der Waals surface area contributed by atoms with Crippen LogP contribution in [0.4, 0.5) is 0 Å². The molecule has 1 N–H and O–H groups in total. The zero-order chi connectivity index (χ0) is 14.7. The SMILES string of the molecule is COCc1nc(C2CN(C)CCCN2C)sc1C(=O)O. The predicted octanol–water partition coefficient (Wildman–Crippen LogP) is 1.30. The van der Waals surface area contributed by atoms with Crippen LogP contribution in [0, 0.1) is 0 Å². The molecule has 0 radical (unpaired) electrons. The van der Waals surface area contributed by atoms with Crippen molar-refractivity contribution in [2.24, 2.45) is 0 Å². The summed E-state index contributed by atoms with van der Waals surface area (Å²) in [6, 6.07) is 0.149. The highest BCUT2D eigenvalue weighted by Gasteiger charge is 2.27. The van der Waals surface area contributed by atoms with Crippen molar-refractivity contribution in [2.75, 3.05) is 40.8 Å². The summed E-state index contributed by atoms with van der Waals surface area (Å²) in [4.78, 5) is 20.6. The second-order valence-corrected chi connectivity index (χ2v) is 6.21. The molecule has 1 aromatic heterocycles. The van der Waals surface area contributed by atoms with Crippen LogP contribution in [-0.2, 0) is 11.3 Å². The number of aromatic nitrogens is 1. The number of methoxy groups -OCH3 is 1. The first-order valence-electron chi connectivity index (χ1n) is 6.63. The molecule has 2 rings (SSSR count). The maximum absolute atomic E-state index is 11.3. The van der Waals surface area contributed by atoms with Crippen molar-refractivity contribution in [2.45, 2.75) is 19.1 Å². The van der Waals surface area contributed by atoms with Crippen molar-refractivity contribution < 1.29 is 14.6 Å². The molecule has 1 aliphatic heterocycles. The molecule has 20 heavy (non-hydrogen) atoms. The molecule has 112 valence electrons. The van der Waals surface area contributed by atoms with E-state index in [1.807, 2.05) is 0 Å². The fourth-order valence-corrected chi connectivity index (χ4v) is 3.52. The van der Waals surface area contributed by atoms with Gasteiger partial charge in [-0.25, -0.2) is 9.78 Å². The summed E-state index contributed by atoms with van der Waals surface area (Å²) < 4.78 is 5.05. The molecule has 7 heteroatoms. The Morgan fingerprint density at radius 1 is 1.50 bits per heavy atom. The first kappa shape index (κ1) is 15.4. The summed E-state index contributed by atoms with van der Waals surface area (Å²) in [6.07, 6.45) is 1.12. The third kappa shape index (κ3) is 3.35. The van der Waals surface area contributed by atoms with Crippen LogP contribution in [0.25, 0.3) is 0 Å². The van der Waals surface area contributed by atoms with Crippen molar-refractivity contribution in [1.29, 1.82) is 0 Å². The summed E-state index contributed by atoms with van der Waals surface area (Å²) in [6.45, 7) is 3.17. The van der Waals surface area contributed by atoms with Gasteiger partial charge in [-0.2, -0.15) is 0 Å². The van der Waals surface area contributed by atoms with Gasteiger partial charge in [-0.05, 0) is 33.6 Å². The lowest BCUT2D eigenvalue weighted by Gasteiger charge is -2.25. The van der Waals surface area contributed by atoms with Gasteiger partial charge in [-0.15, -0.1) is 11.3 Å². The van der Waals surface area contributed by atoms with E-state index in [4.69, 9.17) is 4.74 Å². The fraction of sp³-hybridized carbons (Fsp3) is 0.692. The van der Waals surface area contributed by atoms with E-state index in [-0.39, 0.29) is 12.6 Å². The number of nitrogens with zero attached hydrogens (tertiary/aromatic N) is 3. The number of rotatable bonds is 4. The monoisotopic (exact) mass is 299 g/mol. The third-order valence-corrected chi connectivity index (χ3v) is 4.73. The van der Waals surface area contributed by atoms with Gasteiger partial charge < -0.3 is 14.7 Å². The number of ether oxygens (including phenoxy) is 1. The van der Waals surface area contributed by atoms with E-state index in [0.29, 0.717) is 10.6 Å². The molecule has 1 unspecified atom stereocenters. The van der Waals surface area contributed by atoms with Crippen molar-refractivity contribution in [3.63, 3.8) is 0 Å². The maximum atomic E-state index is 11.3. The first-order chi connectivity index (χ1) is 9.52. The summed E-state index contributed by atoms with van der Waals surface area (Å²) in [5.41, 5.74) is 0.528. The number of carboxylic acids is 1. The standard InChI is InChI=1S/C13H21N3O3S/c1-15-5-4-6-16(2)10(7-15)12-14-9(8-19-3)11(20-12)13(17)18/h10H,4-8H2,1-3H3,(H,17,18). The van der Waals surface area contributed by atoms with E-state index < -0.39 is 5.97 Å². The second kappa shape index (κ2) is 6.62. The van der Waals surface area contributed by atoms with Gasteiger partial charge in [0.25, 0.3) is 0 Å². The maximum Gasteiger partial charge on any atom is 0.347 e. The Labute approximate surface area is 123 Å². The lowest BCUT2D eigenvalue weighted by molar-refractivity contribution is 0.0697. The highest BCUT2D eigenvalue weighted by atomic mass is 32.1. The van der Waals surface area contributed by atoms with Crippen molar-refractivity contribution in [3.8, 4) is 0 Å². The first-order valence-corrected chi connectivity index (χ1v) is 7.45. The van der Waals surface area contributed by atoms with Crippen LogP contribution in [0.15, 0.2) is 0 Å². The largest absolute Gasteiger partial charge is 0.477 e. The highest BCUT2D eigenvalue weighted by molar-refractivity contribution is 7.13. The molecule has 1 aliphatic rings. The lowest BCUT2D eigenvalue weighted by Crippen LogP contribution is -2.30. The lowest BCUT2D eigenvalue weighted by atomic mass is 10.2. The molecule has 0 saturated carbocycles. The normalized spacial score (nSPS) is 21.9. The molecule has 0 bridgehead atoms. The molecule has 1 aromatic rings. The number of carbonyl (C=O) groups is 1. The van der Waals surface area contributed by atoms with E-state index >= 15 is 0 Å². The average Bonchev–Trinajstić information content (AvgIpc) is 2.72. The number of hydrogen-bond donors (Lipinski definition) is 1. The Morgan fingerprint density at radius 2 is 2.25 bits per heavy atom. The molecule has 1 fully saturated rings. The van der Waals surface area contributed by atoms with Crippen LogP contribution in [0.3, 0.4) is 0 Å². The summed E-state index contributed by atoms with van der Waals surface area (Å²) in [5, 5.41) is 10.1. The van der Waals surface area contributed by atoms with Gasteiger partial charge in [0.05, 0.1) is 18.3 Å². The van der Waals surface area contributed by atoms with Crippen molar-refractivity contribution in [3.05, 3.63) is 15.6 Å². The molecule has 6 nitrogen and oxygen atoms in total. The minimum atomic E-state index is -0.926. The number of carboxylic acid groups (broad SMARTS) is 1. The van der Waals surface area contributed by atoms with E-state index in [0.717, 1.165) is 31.1 Å². The Balaban J connectivity index is 2.30. The fourth-order valence-electron chi connectivity index (χ4n) is 2.45. The minimum absolute atomic E-state index is 0.149. The summed E-state index contributed by atoms with van der Waals surface area (Å²) in [5.74, 6) is -0.926. The van der Waals surface area contributed by atoms with Gasteiger partial charge in [-0.1, -0.05) is 0 Å². The topological polar surface area (TPSA) is 65.9 Å². The van der Waals surface area contributed by atoms with Crippen LogP contribution in [-0.4, -0.2) is 66.7 Å². The quantitative estimate of drug-likeness (QED) is 0.904. The van der Waals surface area contributed by atoms with E-state index in [1.54, 1.807) is 7.11 Å². The number of hydrogen-bond acceptors (Lipinski definition) is 6. The zero-order valence-electron chi connectivity index (χ0n) is 12.1. The number of thiazole rings is 1. The summed E-state index contributed by atoms with van der Waals surface area (Å²) >= 11 is 1.27. The van der Waals surface area contributed by atoms with Gasteiger partial charge in [-0.3, -0.25) is 4.90 Å². The molecular formula is C13H21N3O3S. The van der Waals surface area contributed by atoms with E-state index in [2.05, 4.69) is 28.9 Å². The molecule has 2 heterocycles. The Kier molecular flexibility index (Phi) is 5.09. The predicted molar refractivity (Wildman–Crippen MR) is 77.3 cm³/mol. The number of aromatic carboxylic acids is 1. The van der Waals surface area contributed by atoms with Crippen LogP contribution >= 0.6 is 11.3 Å². The van der Waals surface area contributed by atoms with Crippen LogP contribution < -0.4 is 0 Å². The summed E-state index contributed by atoms with van der Waals surface area (Å²) in [7, 11) is 5.71. The van der Waals surface area contributed by atoms with Gasteiger partial charge in [0.1, 0.15) is 9.88 Å². The van der Waals surface area contributed by atoms with Crippen LogP contribution in [0.5, 0.6) is 0 Å². The third-order valence-electron chi connectivity index (χ3n) is 3.54. The Hall–Kier alpha value is -1.02. The van der Waals surface area contributed by atoms with Gasteiger partial charge in [0, 0.05) is 13.7 Å². The van der Waals surface area contributed by atoms with Gasteiger partial charge >= 0.3 is 5.97 Å². The molecule has 1 atom stereocenters. The second-order valence-electron chi connectivity index (χ2n) is 5.18. The molecule has 1 saturated heterocycles. The Bertz CT molecular complexity index is 477. The van der Waals surface area contributed by atoms with Crippen LogP contribution in [0.1, 0.15) is 32.8 Å². The highest BCUT2D eigenvalue weighted by Crippen LogP contribution is 2.29. The minimum Gasteiger partial charge on any atom is -0.477 e. The molecule has 0 aromatic carbocycles. The molecule has 0 aliphatic carbocycles.